The molecule has 51 heavy (non-hydrogen) atoms. The molecule has 0 aliphatic carbocycles. The van der Waals surface area contributed by atoms with Crippen LogP contribution in [0.2, 0.25) is 6.82 Å². The Labute approximate surface area is 294 Å². The van der Waals surface area contributed by atoms with Crippen molar-refractivity contribution in [2.75, 3.05) is 17.8 Å². The molecule has 0 radical (unpaired) electrons. The number of rotatable bonds is 6. The molecular formula is C34H29BN6O7S3. The fourth-order valence-electron chi connectivity index (χ4n) is 6.53. The van der Waals surface area contributed by atoms with Gasteiger partial charge in [-0.15, -0.1) is 0 Å². The van der Waals surface area contributed by atoms with E-state index in [0.717, 1.165) is 12.5 Å². The first-order chi connectivity index (χ1) is 24.2. The Kier molecular flexibility index (Phi) is 7.53. The monoisotopic (exact) mass is 740 g/mol. The molecule has 0 fully saturated rings. The molecule has 6 bridgehead atoms. The van der Waals surface area contributed by atoms with Crippen molar-refractivity contribution in [3.8, 4) is 5.75 Å². The Morgan fingerprint density at radius 3 is 2.06 bits per heavy atom. The minimum absolute atomic E-state index is 0.0918. The van der Waals surface area contributed by atoms with Crippen LogP contribution in [0.15, 0.2) is 110 Å². The van der Waals surface area contributed by atoms with Gasteiger partial charge >= 0.3 is 7.05 Å². The van der Waals surface area contributed by atoms with E-state index in [2.05, 4.69) is 10.3 Å². The van der Waals surface area contributed by atoms with Gasteiger partial charge in [0.25, 0.3) is 0 Å². The van der Waals surface area contributed by atoms with Gasteiger partial charge in [-0.1, -0.05) is 18.2 Å². The van der Waals surface area contributed by atoms with Crippen molar-refractivity contribution in [3.05, 3.63) is 95.9 Å². The molecule has 8 rings (SSSR count). The van der Waals surface area contributed by atoms with Gasteiger partial charge in [0, 0.05) is 51.9 Å². The molecule has 0 saturated carbocycles. The number of nitrogens with one attached hydrogen (secondary N) is 2. The number of hydrogen-bond acceptors (Lipinski definition) is 9. The van der Waals surface area contributed by atoms with E-state index >= 15 is 0 Å². The molecule has 258 valence electrons. The summed E-state index contributed by atoms with van der Waals surface area (Å²) in [4.78, 5) is 13.9. The first-order valence-corrected chi connectivity index (χ1v) is 20.5. The predicted molar refractivity (Wildman–Crippen MR) is 197 cm³/mol. The number of hydrogen-bond donors (Lipinski definition) is 3. The fourth-order valence-corrected chi connectivity index (χ4v) is 8.23. The molecule has 4 aromatic carbocycles. The number of anilines is 2. The average Bonchev–Trinajstić information content (AvgIpc) is 3.67. The standard InChI is InChI=1S/C34H29BN6O7S3/c1-35(48-19-8-6-5-7-9-19)41-33-25-15-12-22(51(4,46)47)18-28(25)34(41)38-29-23-14-11-21(50(3,44)45)17-26(23)30(36-29)37-31-24-13-10-20(49(42)43)16-27(24)32(39-33)40(31)2/h5-18,36,38H,1-4H3,(H,42,43). The third-order valence-corrected chi connectivity index (χ3v) is 11.8. The zero-order valence-electron chi connectivity index (χ0n) is 27.6. The quantitative estimate of drug-likeness (QED) is 0.158. The van der Waals surface area contributed by atoms with Crippen LogP contribution in [0.3, 0.4) is 0 Å². The molecule has 3 aromatic heterocycles. The molecule has 1 aliphatic rings. The van der Waals surface area contributed by atoms with Crippen molar-refractivity contribution in [3.63, 3.8) is 0 Å². The number of aromatic amines is 1. The molecule has 1 atom stereocenters. The van der Waals surface area contributed by atoms with Gasteiger partial charge < -0.3 is 28.6 Å². The van der Waals surface area contributed by atoms with E-state index in [1.165, 1.54) is 12.1 Å². The van der Waals surface area contributed by atoms with Gasteiger partial charge in [-0.2, -0.15) is 0 Å². The van der Waals surface area contributed by atoms with Gasteiger partial charge in [0.2, 0.25) is 0 Å². The Morgan fingerprint density at radius 1 is 0.765 bits per heavy atom. The molecule has 0 spiro atoms. The topological polar surface area (TPSA) is 177 Å². The summed E-state index contributed by atoms with van der Waals surface area (Å²) in [7, 11) is -6.17. The van der Waals surface area contributed by atoms with E-state index in [0.29, 0.717) is 72.3 Å². The third-order valence-electron chi connectivity index (χ3n) is 8.97. The maximum absolute atomic E-state index is 12.9. The van der Waals surface area contributed by atoms with Crippen LogP contribution >= 0.6 is 0 Å². The van der Waals surface area contributed by atoms with Gasteiger partial charge in [-0.25, -0.2) is 31.0 Å². The normalized spacial score (nSPS) is 13.6. The van der Waals surface area contributed by atoms with Crippen LogP contribution in [0.4, 0.5) is 23.3 Å². The number of benzene rings is 4. The van der Waals surface area contributed by atoms with Crippen molar-refractivity contribution >= 4 is 93.4 Å². The third kappa shape index (κ3) is 5.52. The van der Waals surface area contributed by atoms with E-state index < -0.39 is 37.8 Å². The first-order valence-electron chi connectivity index (χ1n) is 15.6. The smallest absolute Gasteiger partial charge is 0.486 e. The van der Waals surface area contributed by atoms with Gasteiger partial charge in [0.15, 0.2) is 30.8 Å². The zero-order chi connectivity index (χ0) is 36.0. The minimum Gasteiger partial charge on any atom is -0.541 e. The number of sulfone groups is 2. The lowest BCUT2D eigenvalue weighted by Crippen LogP contribution is -2.29. The van der Waals surface area contributed by atoms with E-state index in [4.69, 9.17) is 14.6 Å². The van der Waals surface area contributed by atoms with E-state index in [1.807, 2.05) is 41.6 Å². The Hall–Kier alpha value is -5.23. The van der Waals surface area contributed by atoms with Crippen molar-refractivity contribution in [1.82, 2.24) is 14.0 Å². The number of para-hydroxylation sites is 1. The summed E-state index contributed by atoms with van der Waals surface area (Å²) in [5, 5.41) is 6.88. The molecule has 1 aliphatic heterocycles. The highest BCUT2D eigenvalue weighted by Crippen LogP contribution is 2.42. The number of H-pyrrole nitrogens is 1. The summed E-state index contributed by atoms with van der Waals surface area (Å²) in [5.74, 6) is 2.24. The average molecular weight is 741 g/mol. The van der Waals surface area contributed by atoms with Crippen molar-refractivity contribution in [2.45, 2.75) is 21.5 Å². The second-order valence-corrected chi connectivity index (χ2v) is 17.4. The van der Waals surface area contributed by atoms with Crippen molar-refractivity contribution in [1.29, 1.82) is 0 Å². The lowest BCUT2D eigenvalue weighted by molar-refractivity contribution is 0.561. The lowest BCUT2D eigenvalue weighted by Gasteiger charge is -2.18. The summed E-state index contributed by atoms with van der Waals surface area (Å²) in [6.45, 7) is 1.84. The Bertz CT molecular complexity index is 2990. The summed E-state index contributed by atoms with van der Waals surface area (Å²) >= 11 is -2.29. The molecule has 0 saturated heterocycles. The second-order valence-electron chi connectivity index (χ2n) is 12.4. The summed E-state index contributed by atoms with van der Waals surface area (Å²) in [6.07, 6.45) is 2.27. The van der Waals surface area contributed by atoms with E-state index in [1.54, 1.807) is 54.1 Å². The van der Waals surface area contributed by atoms with Crippen LogP contribution in [0.5, 0.6) is 5.75 Å². The lowest BCUT2D eigenvalue weighted by atomic mass is 9.86. The minimum atomic E-state index is -3.63. The molecule has 4 heterocycles. The van der Waals surface area contributed by atoms with Gasteiger partial charge in [0.1, 0.15) is 34.2 Å². The predicted octanol–water partition coefficient (Wildman–Crippen LogP) is 5.01. The van der Waals surface area contributed by atoms with Gasteiger partial charge in [-0.05, 0) is 73.6 Å². The summed E-state index contributed by atoms with van der Waals surface area (Å²) in [6, 6.07) is 23.6. The first kappa shape index (κ1) is 32.9. The van der Waals surface area contributed by atoms with Crippen LogP contribution in [-0.2, 0) is 37.8 Å². The molecule has 3 N–H and O–H groups in total. The molecular weight excluding hydrogens is 711 g/mol. The molecule has 7 aromatic rings. The highest BCUT2D eigenvalue weighted by atomic mass is 32.2. The Balaban J connectivity index is 1.58. The van der Waals surface area contributed by atoms with Gasteiger partial charge in [0.05, 0.1) is 20.4 Å². The summed E-state index contributed by atoms with van der Waals surface area (Å²) < 4.78 is 83.4. The van der Waals surface area contributed by atoms with Crippen LogP contribution in [-0.4, -0.2) is 59.2 Å². The molecule has 13 nitrogen and oxygen atoms in total. The zero-order valence-corrected chi connectivity index (χ0v) is 30.0. The Morgan fingerprint density at radius 2 is 1.39 bits per heavy atom. The highest BCUT2D eigenvalue weighted by Gasteiger charge is 2.29. The molecule has 0 amide bonds. The molecule has 1 unspecified atom stereocenters. The van der Waals surface area contributed by atoms with E-state index in [9.17, 15) is 25.6 Å². The number of fused-ring (bicyclic) bond motifs is 15. The number of nitrogens with zero attached hydrogens (tertiary/aromatic N) is 4. The highest BCUT2D eigenvalue weighted by molar-refractivity contribution is 7.91. The van der Waals surface area contributed by atoms with Crippen molar-refractivity contribution < 1.29 is 30.3 Å². The van der Waals surface area contributed by atoms with Crippen LogP contribution in [0, 0.1) is 0 Å². The maximum atomic E-state index is 12.9. The van der Waals surface area contributed by atoms with E-state index in [-0.39, 0.29) is 14.7 Å². The van der Waals surface area contributed by atoms with Crippen LogP contribution < -0.4 is 20.9 Å². The fraction of sp³-hybridized carbons (Fsp3) is 0.118. The summed E-state index contributed by atoms with van der Waals surface area (Å²) in [5.41, 5.74) is 0.852. The largest absolute Gasteiger partial charge is 0.541 e. The second kappa shape index (κ2) is 11.7. The van der Waals surface area contributed by atoms with Crippen LogP contribution in [0.1, 0.15) is 0 Å². The maximum Gasteiger partial charge on any atom is 0.486 e. The SMILES string of the molecule is CB(Oc1ccccc1)n1c2c3ccc(S(C)(=O)=O)cc3c1Nc1[nH]c(c3cc(S(C)(=O)=O)ccc13)N=c1c3ccc(S(=O)O)cc3c(n1C)=N2. The van der Waals surface area contributed by atoms with Crippen LogP contribution in [0.25, 0.3) is 32.3 Å². The van der Waals surface area contributed by atoms with Gasteiger partial charge in [-0.3, -0.25) is 0 Å². The number of aromatic nitrogens is 3. The van der Waals surface area contributed by atoms with Crippen molar-refractivity contribution in [2.24, 2.45) is 17.0 Å². The molecule has 17 heteroatoms.